The number of aliphatic hydroxyl groups is 3. The maximum absolute atomic E-state index is 13.7. The maximum atomic E-state index is 13.7. The van der Waals surface area contributed by atoms with Gasteiger partial charge in [0, 0.05) is 11.1 Å². The summed E-state index contributed by atoms with van der Waals surface area (Å²) in [7, 11) is 0. The van der Waals surface area contributed by atoms with Crippen molar-refractivity contribution in [3.05, 3.63) is 108 Å². The zero-order chi connectivity index (χ0) is 24.7. The van der Waals surface area contributed by atoms with Gasteiger partial charge in [-0.2, -0.15) is 0 Å². The third-order valence-electron chi connectivity index (χ3n) is 5.18. The van der Waals surface area contributed by atoms with Gasteiger partial charge in [-0.25, -0.2) is 4.79 Å². The third kappa shape index (κ3) is 4.84. The molecule has 0 radical (unpaired) electrons. The number of hydrogen-bond acceptors (Lipinski definition) is 8. The lowest BCUT2D eigenvalue weighted by molar-refractivity contribution is -0.151. The van der Waals surface area contributed by atoms with Crippen LogP contribution in [-0.2, 0) is 9.53 Å². The van der Waals surface area contributed by atoms with Crippen LogP contribution in [0.4, 0.5) is 0 Å². The van der Waals surface area contributed by atoms with Crippen molar-refractivity contribution in [1.29, 1.82) is 0 Å². The second kappa shape index (κ2) is 10.8. The molecule has 0 aliphatic heterocycles. The minimum atomic E-state index is -3.18. The number of hydrogen-bond donors (Lipinski definition) is 3. The third-order valence-corrected chi connectivity index (χ3v) is 5.18. The van der Waals surface area contributed by atoms with Gasteiger partial charge in [0.25, 0.3) is 11.4 Å². The number of ketones is 3. The quantitative estimate of drug-likeness (QED) is 0.179. The summed E-state index contributed by atoms with van der Waals surface area (Å²) in [5.74, 6) is -5.22. The Hall–Kier alpha value is -3.98. The van der Waals surface area contributed by atoms with E-state index in [0.717, 1.165) is 0 Å². The van der Waals surface area contributed by atoms with E-state index in [-0.39, 0.29) is 16.7 Å². The van der Waals surface area contributed by atoms with E-state index in [4.69, 9.17) is 4.74 Å². The lowest BCUT2D eigenvalue weighted by Gasteiger charge is -2.36. The largest absolute Gasteiger partial charge is 0.435 e. The van der Waals surface area contributed by atoms with Crippen molar-refractivity contribution in [2.24, 2.45) is 0 Å². The molecule has 2 unspecified atom stereocenters. The molecule has 3 aromatic rings. The highest BCUT2D eigenvalue weighted by molar-refractivity contribution is 6.51. The van der Waals surface area contributed by atoms with E-state index in [2.05, 4.69) is 0 Å². The molecule has 0 spiro atoms. The standard InChI is InChI=1S/C26H22O8/c27-16-20(28)23(31)26(22(30)18-12-6-2-7-13-18,34-25(33)19-14-8-3-9-15-19)24(32)21(29)17-10-4-1-5-11-17/h1-15,20,23,27-28,31H,16H2/t20?,23?,26-/m1/s1. The number of esters is 1. The molecule has 0 heterocycles. The summed E-state index contributed by atoms with van der Waals surface area (Å²) in [6, 6.07) is 21.6. The highest BCUT2D eigenvalue weighted by atomic mass is 16.6. The lowest BCUT2D eigenvalue weighted by atomic mass is 9.78. The van der Waals surface area contributed by atoms with E-state index >= 15 is 0 Å². The van der Waals surface area contributed by atoms with E-state index in [1.54, 1.807) is 18.2 Å². The molecular weight excluding hydrogens is 440 g/mol. The van der Waals surface area contributed by atoms with Crippen LogP contribution >= 0.6 is 0 Å². The molecule has 3 rings (SSSR count). The van der Waals surface area contributed by atoms with Crippen LogP contribution < -0.4 is 0 Å². The Balaban J connectivity index is 2.22. The SMILES string of the molecule is O=C(O[C@](C(=O)C(=O)c1ccccc1)(C(=O)c1ccccc1)C(O)C(O)CO)c1ccccc1. The van der Waals surface area contributed by atoms with Crippen LogP contribution in [-0.4, -0.2) is 63.1 Å². The van der Waals surface area contributed by atoms with Crippen LogP contribution in [0.25, 0.3) is 0 Å². The van der Waals surface area contributed by atoms with E-state index in [1.165, 1.54) is 72.8 Å². The molecule has 0 amide bonds. The van der Waals surface area contributed by atoms with Crippen molar-refractivity contribution < 1.29 is 39.2 Å². The Morgan fingerprint density at radius 3 is 1.62 bits per heavy atom. The van der Waals surface area contributed by atoms with Gasteiger partial charge in [0.2, 0.25) is 11.6 Å². The first-order valence-electron chi connectivity index (χ1n) is 10.3. The van der Waals surface area contributed by atoms with Crippen molar-refractivity contribution >= 4 is 23.3 Å². The Morgan fingerprint density at radius 2 is 1.15 bits per heavy atom. The second-order valence-electron chi connectivity index (χ2n) is 7.41. The molecule has 34 heavy (non-hydrogen) atoms. The second-order valence-corrected chi connectivity index (χ2v) is 7.41. The smallest absolute Gasteiger partial charge is 0.339 e. The van der Waals surface area contributed by atoms with Gasteiger partial charge in [-0.05, 0) is 12.1 Å². The number of carbonyl (C=O) groups is 4. The number of carbonyl (C=O) groups excluding carboxylic acids is 4. The van der Waals surface area contributed by atoms with Gasteiger partial charge in [0.1, 0.15) is 12.2 Å². The van der Waals surface area contributed by atoms with Crippen LogP contribution in [0.2, 0.25) is 0 Å². The Bertz CT molecular complexity index is 1160. The number of rotatable bonds is 10. The van der Waals surface area contributed by atoms with Gasteiger partial charge < -0.3 is 20.1 Å². The van der Waals surface area contributed by atoms with Crippen LogP contribution in [0.15, 0.2) is 91.0 Å². The summed E-state index contributed by atoms with van der Waals surface area (Å²) in [5, 5.41) is 30.6. The minimum Gasteiger partial charge on any atom is -0.435 e. The Morgan fingerprint density at radius 1 is 0.706 bits per heavy atom. The highest BCUT2D eigenvalue weighted by Crippen LogP contribution is 2.29. The van der Waals surface area contributed by atoms with Crippen molar-refractivity contribution in [2.75, 3.05) is 6.61 Å². The normalized spacial score (nSPS) is 14.3. The van der Waals surface area contributed by atoms with Crippen molar-refractivity contribution in [3.8, 4) is 0 Å². The topological polar surface area (TPSA) is 138 Å². The van der Waals surface area contributed by atoms with Crippen molar-refractivity contribution in [1.82, 2.24) is 0 Å². The number of Topliss-reactive ketones (excluding diaryl/α,β-unsaturated/α-hetero) is 3. The number of benzene rings is 3. The summed E-state index contributed by atoms with van der Waals surface area (Å²) in [5.41, 5.74) is -3.54. The number of ether oxygens (including phenoxy) is 1. The van der Waals surface area contributed by atoms with E-state index in [0.29, 0.717) is 0 Å². The molecule has 0 aromatic heterocycles. The molecule has 0 saturated heterocycles. The molecule has 0 fully saturated rings. The average molecular weight is 462 g/mol. The predicted octanol–water partition coefficient (Wildman–Crippen LogP) is 1.63. The summed E-state index contributed by atoms with van der Waals surface area (Å²) >= 11 is 0. The number of aliphatic hydroxyl groups excluding tert-OH is 3. The van der Waals surface area contributed by atoms with E-state index < -0.39 is 47.7 Å². The van der Waals surface area contributed by atoms with Crippen LogP contribution in [0.1, 0.15) is 31.1 Å². The molecule has 3 N–H and O–H groups in total. The summed E-state index contributed by atoms with van der Waals surface area (Å²) in [6.07, 6.45) is -4.55. The van der Waals surface area contributed by atoms with Gasteiger partial charge >= 0.3 is 5.97 Å². The van der Waals surface area contributed by atoms with Gasteiger partial charge in [-0.15, -0.1) is 0 Å². The monoisotopic (exact) mass is 462 g/mol. The molecule has 0 aliphatic rings. The molecule has 0 aliphatic carbocycles. The Kier molecular flexibility index (Phi) is 7.80. The molecule has 0 bridgehead atoms. The molecular formula is C26H22O8. The maximum Gasteiger partial charge on any atom is 0.339 e. The molecule has 0 saturated carbocycles. The fraction of sp³-hybridized carbons (Fsp3) is 0.154. The molecule has 174 valence electrons. The van der Waals surface area contributed by atoms with E-state index in [9.17, 15) is 34.5 Å². The average Bonchev–Trinajstić information content (AvgIpc) is 2.91. The van der Waals surface area contributed by atoms with Crippen LogP contribution in [0.3, 0.4) is 0 Å². The summed E-state index contributed by atoms with van der Waals surface area (Å²) in [6.45, 7) is -1.08. The molecule has 8 nitrogen and oxygen atoms in total. The summed E-state index contributed by atoms with van der Waals surface area (Å²) in [4.78, 5) is 53.4. The van der Waals surface area contributed by atoms with Crippen molar-refractivity contribution in [3.63, 3.8) is 0 Å². The lowest BCUT2D eigenvalue weighted by Crippen LogP contribution is -2.64. The van der Waals surface area contributed by atoms with Gasteiger partial charge in [-0.3, -0.25) is 14.4 Å². The Labute approximate surface area is 195 Å². The van der Waals surface area contributed by atoms with Gasteiger partial charge in [-0.1, -0.05) is 78.9 Å². The predicted molar refractivity (Wildman–Crippen MR) is 120 cm³/mol. The fourth-order valence-electron chi connectivity index (χ4n) is 3.37. The minimum absolute atomic E-state index is 0.0709. The van der Waals surface area contributed by atoms with Crippen molar-refractivity contribution in [2.45, 2.75) is 17.8 Å². The molecule has 8 heteroatoms. The van der Waals surface area contributed by atoms with Crippen LogP contribution in [0.5, 0.6) is 0 Å². The fourth-order valence-corrected chi connectivity index (χ4v) is 3.37. The van der Waals surface area contributed by atoms with Crippen LogP contribution in [0, 0.1) is 0 Å². The molecule has 3 aromatic carbocycles. The van der Waals surface area contributed by atoms with Gasteiger partial charge in [0.15, 0.2) is 0 Å². The first-order valence-corrected chi connectivity index (χ1v) is 10.3. The summed E-state index contributed by atoms with van der Waals surface area (Å²) < 4.78 is 5.35. The first kappa shape index (κ1) is 24.7. The van der Waals surface area contributed by atoms with Gasteiger partial charge in [0.05, 0.1) is 12.2 Å². The zero-order valence-electron chi connectivity index (χ0n) is 17.9. The van der Waals surface area contributed by atoms with E-state index in [1.807, 2.05) is 0 Å². The molecule has 3 atom stereocenters. The zero-order valence-corrected chi connectivity index (χ0v) is 17.9. The first-order chi connectivity index (χ1) is 16.3. The highest BCUT2D eigenvalue weighted by Gasteiger charge is 2.60.